The van der Waals surface area contributed by atoms with Crippen molar-refractivity contribution >= 4 is 53.6 Å². The summed E-state index contributed by atoms with van der Waals surface area (Å²) in [6.45, 7) is 2.05. The van der Waals surface area contributed by atoms with E-state index < -0.39 is 21.1 Å². The lowest BCUT2D eigenvalue weighted by atomic mass is 10.3. The number of thiazole rings is 1. The summed E-state index contributed by atoms with van der Waals surface area (Å²) in [6.07, 6.45) is 2.59. The van der Waals surface area contributed by atoms with Gasteiger partial charge in [-0.3, -0.25) is 18.7 Å². The summed E-state index contributed by atoms with van der Waals surface area (Å²) >= 11 is 1.42. The summed E-state index contributed by atoms with van der Waals surface area (Å²) < 4.78 is 28.2. The third-order valence-electron chi connectivity index (χ3n) is 6.20. The van der Waals surface area contributed by atoms with E-state index in [-0.39, 0.29) is 28.5 Å². The minimum Gasteiger partial charge on any atom is -0.345 e. The largest absolute Gasteiger partial charge is 0.345 e. The van der Waals surface area contributed by atoms with Gasteiger partial charge in [0.15, 0.2) is 26.1 Å². The molecule has 1 fully saturated rings. The number of hydrogen-bond donors (Lipinski definition) is 0. The van der Waals surface area contributed by atoms with Crippen molar-refractivity contribution in [2.75, 3.05) is 37.3 Å². The number of carbonyl (C=O) groups is 1. The first-order valence-corrected chi connectivity index (χ1v) is 13.5. The predicted octanol–water partition coefficient (Wildman–Crippen LogP) is -0.204. The van der Waals surface area contributed by atoms with Crippen LogP contribution < -0.4 is 16.1 Å². The Hall–Kier alpha value is -3.52. The molecule has 0 N–H and O–H groups in total. The molecule has 1 saturated heterocycles. The standard InChI is InChI=1S/C21H23N7O5S2/c1-24-18-17(19(30)25(2)21(24)31)28(12-22-18)11-16(29)26-6-8-27(9-7-26)20-23-14-5-4-13(35(3,32)33)10-15(14)34-20/h4-5,10,12H,6-9,11H2,1-3H3. The minimum absolute atomic E-state index is 0.0562. The van der Waals surface area contributed by atoms with Crippen LogP contribution in [0.1, 0.15) is 0 Å². The van der Waals surface area contributed by atoms with Crippen LogP contribution in [0.5, 0.6) is 0 Å². The summed E-state index contributed by atoms with van der Waals surface area (Å²) in [7, 11) is -0.365. The van der Waals surface area contributed by atoms with E-state index in [9.17, 15) is 22.8 Å². The normalized spacial score (nSPS) is 14.8. The monoisotopic (exact) mass is 517 g/mol. The van der Waals surface area contributed by atoms with Crippen molar-refractivity contribution in [1.29, 1.82) is 0 Å². The van der Waals surface area contributed by atoms with Gasteiger partial charge < -0.3 is 14.4 Å². The van der Waals surface area contributed by atoms with Gasteiger partial charge in [-0.05, 0) is 18.2 Å². The number of aryl methyl sites for hydroxylation is 1. The molecule has 184 valence electrons. The van der Waals surface area contributed by atoms with Crippen molar-refractivity contribution in [1.82, 2.24) is 28.6 Å². The molecule has 14 heteroatoms. The lowest BCUT2D eigenvalue weighted by Gasteiger charge is -2.34. The van der Waals surface area contributed by atoms with Crippen molar-refractivity contribution in [2.45, 2.75) is 11.4 Å². The van der Waals surface area contributed by atoms with Crippen molar-refractivity contribution in [3.63, 3.8) is 0 Å². The first kappa shape index (κ1) is 23.2. The molecule has 3 aromatic heterocycles. The summed E-state index contributed by atoms with van der Waals surface area (Å²) in [5.41, 5.74) is 0.222. The molecule has 0 spiro atoms. The molecule has 5 rings (SSSR count). The molecule has 0 unspecified atom stereocenters. The van der Waals surface area contributed by atoms with Gasteiger partial charge >= 0.3 is 5.69 Å². The van der Waals surface area contributed by atoms with Crippen LogP contribution in [0.2, 0.25) is 0 Å². The first-order valence-electron chi connectivity index (χ1n) is 10.8. The molecule has 0 saturated carbocycles. The van der Waals surface area contributed by atoms with E-state index in [0.717, 1.165) is 19.9 Å². The molecular formula is C21H23N7O5S2. The Morgan fingerprint density at radius 1 is 1.09 bits per heavy atom. The maximum absolute atomic E-state index is 13.0. The fourth-order valence-electron chi connectivity index (χ4n) is 4.17. The van der Waals surface area contributed by atoms with Gasteiger partial charge in [0.25, 0.3) is 5.56 Å². The van der Waals surface area contributed by atoms with E-state index in [2.05, 4.69) is 14.9 Å². The van der Waals surface area contributed by atoms with Gasteiger partial charge in [-0.2, -0.15) is 0 Å². The van der Waals surface area contributed by atoms with Gasteiger partial charge in [0.2, 0.25) is 5.91 Å². The van der Waals surface area contributed by atoms with E-state index in [1.54, 1.807) is 23.1 Å². The van der Waals surface area contributed by atoms with Crippen molar-refractivity contribution < 1.29 is 13.2 Å². The number of benzene rings is 1. The smallest absolute Gasteiger partial charge is 0.332 e. The molecule has 4 aromatic rings. The van der Waals surface area contributed by atoms with E-state index >= 15 is 0 Å². The summed E-state index contributed by atoms with van der Waals surface area (Å²) in [5, 5.41) is 0.780. The number of nitrogens with zero attached hydrogens (tertiary/aromatic N) is 7. The van der Waals surface area contributed by atoms with E-state index in [0.29, 0.717) is 26.2 Å². The van der Waals surface area contributed by atoms with Crippen molar-refractivity contribution in [2.24, 2.45) is 14.1 Å². The molecule has 4 heterocycles. The summed E-state index contributed by atoms with van der Waals surface area (Å²) in [4.78, 5) is 50.6. The number of hydrogen-bond acceptors (Lipinski definition) is 9. The molecule has 1 aliphatic rings. The summed E-state index contributed by atoms with van der Waals surface area (Å²) in [5.74, 6) is -0.151. The number of aromatic nitrogens is 5. The average Bonchev–Trinajstić information content (AvgIpc) is 3.45. The van der Waals surface area contributed by atoms with Crippen LogP contribution in [0.25, 0.3) is 21.4 Å². The molecule has 0 atom stereocenters. The van der Waals surface area contributed by atoms with Gasteiger partial charge in [0.05, 0.1) is 21.4 Å². The van der Waals surface area contributed by atoms with Crippen molar-refractivity contribution in [3.8, 4) is 0 Å². The number of carbonyl (C=O) groups excluding carboxylic acids is 1. The van der Waals surface area contributed by atoms with Crippen LogP contribution in [0, 0.1) is 0 Å². The highest BCUT2D eigenvalue weighted by Crippen LogP contribution is 2.31. The highest BCUT2D eigenvalue weighted by atomic mass is 32.2. The Bertz CT molecular complexity index is 1710. The predicted molar refractivity (Wildman–Crippen MR) is 132 cm³/mol. The fraction of sp³-hybridized carbons (Fsp3) is 0.381. The first-order chi connectivity index (χ1) is 16.5. The summed E-state index contributed by atoms with van der Waals surface area (Å²) in [6, 6.07) is 4.91. The Morgan fingerprint density at radius 3 is 2.49 bits per heavy atom. The molecule has 0 aliphatic carbocycles. The van der Waals surface area contributed by atoms with E-state index in [4.69, 9.17) is 0 Å². The molecule has 0 radical (unpaired) electrons. The van der Waals surface area contributed by atoms with Crippen LogP contribution in [0.4, 0.5) is 5.13 Å². The zero-order valence-electron chi connectivity index (χ0n) is 19.3. The van der Waals surface area contributed by atoms with Crippen LogP contribution >= 0.6 is 11.3 Å². The van der Waals surface area contributed by atoms with Gasteiger partial charge in [-0.25, -0.2) is 23.2 Å². The molecule has 0 bridgehead atoms. The molecule has 1 aromatic carbocycles. The molecule has 1 amide bonds. The topological polar surface area (TPSA) is 132 Å². The number of amides is 1. The van der Waals surface area contributed by atoms with Gasteiger partial charge in [-0.15, -0.1) is 0 Å². The SMILES string of the molecule is Cn1c(=O)c2c(ncn2CC(=O)N2CCN(c3nc4ccc(S(C)(=O)=O)cc4s3)CC2)n(C)c1=O. The number of fused-ring (bicyclic) bond motifs is 2. The second-order valence-corrected chi connectivity index (χ2v) is 11.5. The Balaban J connectivity index is 1.30. The molecule has 12 nitrogen and oxygen atoms in total. The van der Waals surface area contributed by atoms with E-state index in [1.165, 1.54) is 47.1 Å². The third-order valence-corrected chi connectivity index (χ3v) is 8.39. The fourth-order valence-corrected chi connectivity index (χ4v) is 5.95. The Morgan fingerprint density at radius 2 is 1.80 bits per heavy atom. The maximum atomic E-state index is 13.0. The number of imidazole rings is 1. The maximum Gasteiger partial charge on any atom is 0.332 e. The molecule has 35 heavy (non-hydrogen) atoms. The number of anilines is 1. The number of sulfone groups is 1. The van der Waals surface area contributed by atoms with Crippen LogP contribution in [-0.4, -0.2) is 75.3 Å². The lowest BCUT2D eigenvalue weighted by molar-refractivity contribution is -0.132. The van der Waals surface area contributed by atoms with Gasteiger partial charge in [-0.1, -0.05) is 11.3 Å². The van der Waals surface area contributed by atoms with Gasteiger partial charge in [0.1, 0.15) is 6.54 Å². The molecular weight excluding hydrogens is 494 g/mol. The van der Waals surface area contributed by atoms with Crippen LogP contribution in [0.3, 0.4) is 0 Å². The lowest BCUT2D eigenvalue weighted by Crippen LogP contribution is -2.49. The van der Waals surface area contributed by atoms with Gasteiger partial charge in [0, 0.05) is 46.5 Å². The third kappa shape index (κ3) is 4.01. The quantitative estimate of drug-likeness (QED) is 0.363. The number of piperazine rings is 1. The van der Waals surface area contributed by atoms with Crippen LogP contribution in [0.15, 0.2) is 39.0 Å². The minimum atomic E-state index is -3.29. The highest BCUT2D eigenvalue weighted by Gasteiger charge is 2.25. The second-order valence-electron chi connectivity index (χ2n) is 8.52. The molecule has 1 aliphatic heterocycles. The zero-order valence-corrected chi connectivity index (χ0v) is 21.0. The highest BCUT2D eigenvalue weighted by molar-refractivity contribution is 7.90. The van der Waals surface area contributed by atoms with Crippen LogP contribution in [-0.2, 0) is 35.3 Å². The average molecular weight is 518 g/mol. The van der Waals surface area contributed by atoms with E-state index in [1.807, 2.05) is 0 Å². The second kappa shape index (κ2) is 8.30. The van der Waals surface area contributed by atoms with Crippen molar-refractivity contribution in [3.05, 3.63) is 45.4 Å². The zero-order chi connectivity index (χ0) is 25.1. The Kier molecular flexibility index (Phi) is 5.51. The Labute approximate surface area is 203 Å². The number of rotatable bonds is 4.